The molecule has 0 unspecified atom stereocenters. The molecule has 0 aromatic heterocycles. The van der Waals surface area contributed by atoms with Crippen LogP contribution in [0.1, 0.15) is 5.56 Å². The third-order valence-electron chi connectivity index (χ3n) is 5.15. The average Bonchev–Trinajstić information content (AvgIpc) is 2.86. The Morgan fingerprint density at radius 2 is 1.50 bits per heavy atom. The summed E-state index contributed by atoms with van der Waals surface area (Å²) in [7, 11) is -4.04. The lowest BCUT2D eigenvalue weighted by atomic mass is 10.2. The first-order chi connectivity index (χ1) is 17.3. The number of nitrogens with one attached hydrogen (secondary N) is 1. The lowest BCUT2D eigenvalue weighted by Gasteiger charge is -2.22. The van der Waals surface area contributed by atoms with Crippen molar-refractivity contribution in [3.63, 3.8) is 0 Å². The fourth-order valence-corrected chi connectivity index (χ4v) is 5.17. The summed E-state index contributed by atoms with van der Waals surface area (Å²) in [6, 6.07) is 28.7. The van der Waals surface area contributed by atoms with Gasteiger partial charge in [0.2, 0.25) is 15.9 Å². The molecule has 1 amide bonds. The summed E-state index contributed by atoms with van der Waals surface area (Å²) >= 11 is 12.0. The van der Waals surface area contributed by atoms with Crippen molar-refractivity contribution < 1.29 is 17.9 Å². The normalized spacial score (nSPS) is 11.3. The molecular weight excluding hydrogens is 519 g/mol. The second kappa shape index (κ2) is 11.6. The van der Waals surface area contributed by atoms with Gasteiger partial charge in [0.25, 0.3) is 0 Å². The van der Waals surface area contributed by atoms with E-state index >= 15 is 0 Å². The number of carbonyl (C=O) groups is 1. The van der Waals surface area contributed by atoms with Gasteiger partial charge in [-0.2, -0.15) is 4.31 Å². The first-order valence-electron chi connectivity index (χ1n) is 10.9. The number of sulfonamides is 1. The number of nitrogens with zero attached hydrogens (tertiary/aromatic N) is 1. The van der Waals surface area contributed by atoms with E-state index in [0.29, 0.717) is 32.8 Å². The number of amides is 1. The highest BCUT2D eigenvalue weighted by Gasteiger charge is 2.27. The summed E-state index contributed by atoms with van der Waals surface area (Å²) < 4.78 is 33.9. The van der Waals surface area contributed by atoms with Crippen LogP contribution < -0.4 is 10.1 Å². The van der Waals surface area contributed by atoms with Crippen LogP contribution in [-0.2, 0) is 21.4 Å². The van der Waals surface area contributed by atoms with Gasteiger partial charge in [0.15, 0.2) is 5.75 Å². The van der Waals surface area contributed by atoms with Crippen molar-refractivity contribution in [2.24, 2.45) is 0 Å². The van der Waals surface area contributed by atoms with Crippen LogP contribution in [0, 0.1) is 0 Å². The summed E-state index contributed by atoms with van der Waals surface area (Å²) in [6.45, 7) is -0.488. The van der Waals surface area contributed by atoms with Gasteiger partial charge in [0, 0.05) is 16.6 Å². The third kappa shape index (κ3) is 6.65. The Morgan fingerprint density at radius 1 is 0.806 bits per heavy atom. The first kappa shape index (κ1) is 25.7. The second-order valence-corrected chi connectivity index (χ2v) is 10.6. The van der Waals surface area contributed by atoms with E-state index in [4.69, 9.17) is 27.9 Å². The number of rotatable bonds is 9. The Hall–Kier alpha value is -3.36. The molecule has 0 saturated carbocycles. The minimum Gasteiger partial charge on any atom is -0.455 e. The van der Waals surface area contributed by atoms with Gasteiger partial charge in [-0.15, -0.1) is 0 Å². The van der Waals surface area contributed by atoms with Gasteiger partial charge < -0.3 is 10.1 Å². The molecule has 184 valence electrons. The van der Waals surface area contributed by atoms with Crippen molar-refractivity contribution >= 4 is 44.8 Å². The van der Waals surface area contributed by atoms with Crippen LogP contribution in [0.25, 0.3) is 0 Å². The molecule has 9 heteroatoms. The molecule has 0 atom stereocenters. The van der Waals surface area contributed by atoms with Gasteiger partial charge in [-0.25, -0.2) is 8.42 Å². The zero-order valence-corrected chi connectivity index (χ0v) is 21.3. The standard InChI is InChI=1S/C27H22Cl2N2O4S/c28-21-13-15-24(16-14-21)36(33,34)31(18-20-7-6-8-22(29)17-20)19-27(32)30-25-11-4-5-12-26(25)35-23-9-2-1-3-10-23/h1-17H,18-19H2,(H,30,32). The molecule has 0 bridgehead atoms. The van der Waals surface area contributed by atoms with Gasteiger partial charge in [0.1, 0.15) is 5.75 Å². The second-order valence-electron chi connectivity index (χ2n) is 7.82. The number of halogens is 2. The van der Waals surface area contributed by atoms with Crippen LogP contribution in [0.2, 0.25) is 10.0 Å². The van der Waals surface area contributed by atoms with E-state index in [9.17, 15) is 13.2 Å². The molecule has 0 aliphatic rings. The molecule has 0 fully saturated rings. The Kier molecular flexibility index (Phi) is 8.28. The Bertz CT molecular complexity index is 1450. The van der Waals surface area contributed by atoms with E-state index in [1.165, 1.54) is 24.3 Å². The number of carbonyl (C=O) groups excluding carboxylic acids is 1. The molecule has 0 spiro atoms. The Morgan fingerprint density at radius 3 is 2.22 bits per heavy atom. The molecule has 0 aliphatic carbocycles. The maximum absolute atomic E-state index is 13.5. The number of ether oxygens (including phenoxy) is 1. The number of para-hydroxylation sites is 3. The zero-order valence-electron chi connectivity index (χ0n) is 19.0. The minimum atomic E-state index is -4.04. The van der Waals surface area contributed by atoms with Gasteiger partial charge in [-0.05, 0) is 66.2 Å². The van der Waals surface area contributed by atoms with E-state index in [2.05, 4.69) is 5.32 Å². The van der Waals surface area contributed by atoms with Crippen LogP contribution in [0.15, 0.2) is 108 Å². The number of hydrogen-bond donors (Lipinski definition) is 1. The van der Waals surface area contributed by atoms with Gasteiger partial charge in [-0.3, -0.25) is 4.79 Å². The Balaban J connectivity index is 1.58. The molecule has 4 rings (SSSR count). The number of anilines is 1. The zero-order chi connectivity index (χ0) is 25.5. The highest BCUT2D eigenvalue weighted by Crippen LogP contribution is 2.29. The highest BCUT2D eigenvalue weighted by atomic mass is 35.5. The summed E-state index contributed by atoms with van der Waals surface area (Å²) in [6.07, 6.45) is 0. The lowest BCUT2D eigenvalue weighted by molar-refractivity contribution is -0.116. The van der Waals surface area contributed by atoms with Crippen LogP contribution in [-0.4, -0.2) is 25.2 Å². The highest BCUT2D eigenvalue weighted by molar-refractivity contribution is 7.89. The predicted octanol–water partition coefficient (Wildman–Crippen LogP) is 6.62. The van der Waals surface area contributed by atoms with Crippen molar-refractivity contribution in [2.75, 3.05) is 11.9 Å². The van der Waals surface area contributed by atoms with Crippen LogP contribution in [0.5, 0.6) is 11.5 Å². The molecule has 0 heterocycles. The molecule has 1 N–H and O–H groups in total. The third-order valence-corrected chi connectivity index (χ3v) is 7.44. The minimum absolute atomic E-state index is 0.0227. The van der Waals surface area contributed by atoms with Crippen LogP contribution in [0.3, 0.4) is 0 Å². The SMILES string of the molecule is O=C(CN(Cc1cccc(Cl)c1)S(=O)(=O)c1ccc(Cl)cc1)Nc1ccccc1Oc1ccccc1. The topological polar surface area (TPSA) is 75.7 Å². The average molecular weight is 541 g/mol. The lowest BCUT2D eigenvalue weighted by Crippen LogP contribution is -2.37. The van der Waals surface area contributed by atoms with E-state index in [0.717, 1.165) is 4.31 Å². The van der Waals surface area contributed by atoms with Crippen molar-refractivity contribution in [1.29, 1.82) is 0 Å². The van der Waals surface area contributed by atoms with Gasteiger partial charge in [0.05, 0.1) is 17.1 Å². The number of hydrogen-bond acceptors (Lipinski definition) is 4. The molecular formula is C27H22Cl2N2O4S. The molecule has 0 saturated heterocycles. The van der Waals surface area contributed by atoms with Crippen molar-refractivity contribution in [1.82, 2.24) is 4.31 Å². The molecule has 6 nitrogen and oxygen atoms in total. The quantitative estimate of drug-likeness (QED) is 0.259. The maximum atomic E-state index is 13.5. The molecule has 36 heavy (non-hydrogen) atoms. The van der Waals surface area contributed by atoms with E-state index < -0.39 is 22.5 Å². The summed E-state index contributed by atoms with van der Waals surface area (Å²) in [5, 5.41) is 3.65. The van der Waals surface area contributed by atoms with E-state index in [1.54, 1.807) is 60.7 Å². The maximum Gasteiger partial charge on any atom is 0.243 e. The summed E-state index contributed by atoms with van der Waals surface area (Å²) in [4.78, 5) is 13.1. The fourth-order valence-electron chi connectivity index (χ4n) is 3.44. The largest absolute Gasteiger partial charge is 0.455 e. The van der Waals surface area contributed by atoms with Gasteiger partial charge in [-0.1, -0.05) is 65.7 Å². The van der Waals surface area contributed by atoms with Crippen molar-refractivity contribution in [3.8, 4) is 11.5 Å². The molecule has 4 aromatic carbocycles. The Labute approximate surface area is 220 Å². The molecule has 0 aliphatic heterocycles. The van der Waals surface area contributed by atoms with Crippen LogP contribution in [0.4, 0.5) is 5.69 Å². The predicted molar refractivity (Wildman–Crippen MR) is 142 cm³/mol. The fraction of sp³-hybridized carbons (Fsp3) is 0.0741. The summed E-state index contributed by atoms with van der Waals surface area (Å²) in [5.74, 6) is 0.504. The first-order valence-corrected chi connectivity index (χ1v) is 13.1. The smallest absolute Gasteiger partial charge is 0.243 e. The van der Waals surface area contributed by atoms with Crippen molar-refractivity contribution in [2.45, 2.75) is 11.4 Å². The van der Waals surface area contributed by atoms with Crippen molar-refractivity contribution in [3.05, 3.63) is 119 Å². The van der Waals surface area contributed by atoms with Crippen LogP contribution >= 0.6 is 23.2 Å². The van der Waals surface area contributed by atoms with Gasteiger partial charge >= 0.3 is 0 Å². The molecule has 0 radical (unpaired) electrons. The summed E-state index contributed by atoms with van der Waals surface area (Å²) in [5.41, 5.74) is 1.05. The van der Waals surface area contributed by atoms with E-state index in [-0.39, 0.29) is 11.4 Å². The van der Waals surface area contributed by atoms with E-state index in [1.807, 2.05) is 18.2 Å². The monoisotopic (exact) mass is 540 g/mol. The molecule has 4 aromatic rings. The number of benzene rings is 4.